The Morgan fingerprint density at radius 3 is 2.76 bits per heavy atom. The molecule has 86 valence electrons. The molecule has 3 N–H and O–H groups in total. The van der Waals surface area contributed by atoms with Gasteiger partial charge in [-0.1, -0.05) is 0 Å². The zero-order valence-electron chi connectivity index (χ0n) is 8.72. The van der Waals surface area contributed by atoms with E-state index in [0.717, 1.165) is 0 Å². The van der Waals surface area contributed by atoms with E-state index >= 15 is 0 Å². The van der Waals surface area contributed by atoms with E-state index in [1.54, 1.807) is 30.6 Å². The smallest absolute Gasteiger partial charge is 0.274 e. The van der Waals surface area contributed by atoms with E-state index in [0.29, 0.717) is 21.5 Å². The first kappa shape index (κ1) is 11.5. The van der Waals surface area contributed by atoms with Crippen molar-refractivity contribution in [2.45, 2.75) is 0 Å². The Labute approximate surface area is 106 Å². The minimum atomic E-state index is -0.295. The minimum absolute atomic E-state index is 0.295. The molecule has 5 nitrogen and oxygen atoms in total. The minimum Gasteiger partial charge on any atom is -0.397 e. The number of amides is 1. The van der Waals surface area contributed by atoms with Crippen LogP contribution in [0.25, 0.3) is 0 Å². The maximum atomic E-state index is 11.8. The van der Waals surface area contributed by atoms with Crippen LogP contribution in [0.15, 0.2) is 41.3 Å². The predicted octanol–water partition coefficient (Wildman–Crippen LogP) is 2.07. The molecule has 0 aliphatic rings. The number of pyridine rings is 2. The number of carbonyl (C=O) groups excluding carboxylic acids is 1. The van der Waals surface area contributed by atoms with Crippen LogP contribution in [-0.4, -0.2) is 15.9 Å². The number of nitrogens with two attached hydrogens (primary N) is 1. The molecule has 2 heterocycles. The van der Waals surface area contributed by atoms with Crippen molar-refractivity contribution in [1.82, 2.24) is 9.97 Å². The van der Waals surface area contributed by atoms with Crippen LogP contribution in [0.1, 0.15) is 10.5 Å². The largest absolute Gasteiger partial charge is 0.397 e. The molecule has 0 spiro atoms. The Morgan fingerprint density at radius 2 is 2.12 bits per heavy atom. The van der Waals surface area contributed by atoms with Crippen LogP contribution in [0.4, 0.5) is 11.4 Å². The fourth-order valence-corrected chi connectivity index (χ4v) is 1.55. The molecule has 0 saturated heterocycles. The fourth-order valence-electron chi connectivity index (χ4n) is 1.20. The number of hydrogen-bond donors (Lipinski definition) is 2. The number of nitrogens with zero attached hydrogens (tertiary/aromatic N) is 2. The maximum absolute atomic E-state index is 11.8. The predicted molar refractivity (Wildman–Crippen MR) is 68.5 cm³/mol. The van der Waals surface area contributed by atoms with Gasteiger partial charge in [0.25, 0.3) is 5.91 Å². The Hall–Kier alpha value is -1.95. The SMILES string of the molecule is Nc1ccc(C(=O)Nc2ccncc2Br)nc1. The van der Waals surface area contributed by atoms with Crippen molar-refractivity contribution in [1.29, 1.82) is 0 Å². The number of hydrogen-bond acceptors (Lipinski definition) is 4. The van der Waals surface area contributed by atoms with E-state index in [9.17, 15) is 4.79 Å². The first-order chi connectivity index (χ1) is 8.16. The van der Waals surface area contributed by atoms with Crippen molar-refractivity contribution in [3.63, 3.8) is 0 Å². The van der Waals surface area contributed by atoms with Crippen molar-refractivity contribution >= 4 is 33.2 Å². The van der Waals surface area contributed by atoms with Gasteiger partial charge in [0.2, 0.25) is 0 Å². The van der Waals surface area contributed by atoms with Gasteiger partial charge in [0.05, 0.1) is 22.0 Å². The molecule has 0 aromatic carbocycles. The van der Waals surface area contributed by atoms with Crippen LogP contribution in [0.2, 0.25) is 0 Å². The molecule has 6 heteroatoms. The van der Waals surface area contributed by atoms with Crippen molar-refractivity contribution in [2.24, 2.45) is 0 Å². The average Bonchev–Trinajstić information content (AvgIpc) is 2.33. The number of carbonyl (C=O) groups is 1. The molecule has 0 aliphatic heterocycles. The number of halogens is 1. The Morgan fingerprint density at radius 1 is 1.29 bits per heavy atom. The summed E-state index contributed by atoms with van der Waals surface area (Å²) >= 11 is 3.29. The molecule has 0 bridgehead atoms. The van der Waals surface area contributed by atoms with Crippen LogP contribution in [0, 0.1) is 0 Å². The summed E-state index contributed by atoms with van der Waals surface area (Å²) in [6.45, 7) is 0. The second kappa shape index (κ2) is 4.92. The molecule has 0 fully saturated rings. The zero-order chi connectivity index (χ0) is 12.3. The lowest BCUT2D eigenvalue weighted by Crippen LogP contribution is -2.14. The molecule has 0 aliphatic carbocycles. The van der Waals surface area contributed by atoms with E-state index in [1.165, 1.54) is 6.20 Å². The van der Waals surface area contributed by atoms with Gasteiger partial charge >= 0.3 is 0 Å². The van der Waals surface area contributed by atoms with Crippen molar-refractivity contribution in [3.8, 4) is 0 Å². The van der Waals surface area contributed by atoms with Gasteiger partial charge in [0.1, 0.15) is 5.69 Å². The van der Waals surface area contributed by atoms with E-state index in [-0.39, 0.29) is 5.91 Å². The number of nitrogen functional groups attached to an aromatic ring is 1. The van der Waals surface area contributed by atoms with Crippen LogP contribution < -0.4 is 11.1 Å². The number of nitrogens with one attached hydrogen (secondary N) is 1. The van der Waals surface area contributed by atoms with Gasteiger partial charge in [-0.3, -0.25) is 9.78 Å². The third kappa shape index (κ3) is 2.79. The molecule has 2 aromatic rings. The van der Waals surface area contributed by atoms with Gasteiger partial charge in [0.15, 0.2) is 0 Å². The summed E-state index contributed by atoms with van der Waals surface area (Å²) in [7, 11) is 0. The van der Waals surface area contributed by atoms with Crippen molar-refractivity contribution in [2.75, 3.05) is 11.1 Å². The van der Waals surface area contributed by atoms with Gasteiger partial charge in [-0.2, -0.15) is 0 Å². The summed E-state index contributed by atoms with van der Waals surface area (Å²) < 4.78 is 0.712. The number of anilines is 2. The fraction of sp³-hybridized carbons (Fsp3) is 0. The summed E-state index contributed by atoms with van der Waals surface area (Å²) in [5, 5.41) is 2.72. The third-order valence-corrected chi connectivity index (χ3v) is 2.67. The van der Waals surface area contributed by atoms with E-state index in [4.69, 9.17) is 5.73 Å². The lowest BCUT2D eigenvalue weighted by molar-refractivity contribution is 0.102. The van der Waals surface area contributed by atoms with Crippen molar-refractivity contribution < 1.29 is 4.79 Å². The van der Waals surface area contributed by atoms with E-state index < -0.39 is 0 Å². The summed E-state index contributed by atoms with van der Waals surface area (Å²) in [4.78, 5) is 19.7. The molecule has 17 heavy (non-hydrogen) atoms. The highest BCUT2D eigenvalue weighted by molar-refractivity contribution is 9.10. The molecule has 1 amide bonds. The van der Waals surface area contributed by atoms with Crippen LogP contribution in [0.3, 0.4) is 0 Å². The highest BCUT2D eigenvalue weighted by atomic mass is 79.9. The second-order valence-electron chi connectivity index (χ2n) is 3.29. The average molecular weight is 293 g/mol. The van der Waals surface area contributed by atoms with Crippen LogP contribution >= 0.6 is 15.9 Å². The lowest BCUT2D eigenvalue weighted by Gasteiger charge is -2.06. The zero-order valence-corrected chi connectivity index (χ0v) is 10.3. The number of rotatable bonds is 2. The summed E-state index contributed by atoms with van der Waals surface area (Å²) in [5.41, 5.74) is 6.96. The number of aromatic nitrogens is 2. The Bertz CT molecular complexity index is 541. The Kier molecular flexibility index (Phi) is 3.34. The topological polar surface area (TPSA) is 80.9 Å². The maximum Gasteiger partial charge on any atom is 0.274 e. The first-order valence-electron chi connectivity index (χ1n) is 4.79. The van der Waals surface area contributed by atoms with Crippen LogP contribution in [0.5, 0.6) is 0 Å². The monoisotopic (exact) mass is 292 g/mol. The molecular formula is C11H9BrN4O. The highest BCUT2D eigenvalue weighted by Crippen LogP contribution is 2.20. The van der Waals surface area contributed by atoms with Crippen LogP contribution in [-0.2, 0) is 0 Å². The van der Waals surface area contributed by atoms with Gasteiger partial charge in [-0.15, -0.1) is 0 Å². The van der Waals surface area contributed by atoms with E-state index in [1.807, 2.05) is 0 Å². The molecular weight excluding hydrogens is 284 g/mol. The lowest BCUT2D eigenvalue weighted by atomic mass is 10.3. The van der Waals surface area contributed by atoms with Crippen molar-refractivity contribution in [3.05, 3.63) is 47.0 Å². The van der Waals surface area contributed by atoms with Gasteiger partial charge in [-0.05, 0) is 34.1 Å². The normalized spacial score (nSPS) is 9.94. The second-order valence-corrected chi connectivity index (χ2v) is 4.14. The first-order valence-corrected chi connectivity index (χ1v) is 5.58. The molecule has 0 saturated carbocycles. The molecule has 2 rings (SSSR count). The van der Waals surface area contributed by atoms with Gasteiger partial charge in [-0.25, -0.2) is 4.98 Å². The third-order valence-electron chi connectivity index (χ3n) is 2.04. The van der Waals surface area contributed by atoms with Gasteiger partial charge in [0, 0.05) is 12.4 Å². The molecule has 0 unspecified atom stereocenters. The highest BCUT2D eigenvalue weighted by Gasteiger charge is 2.08. The Balaban J connectivity index is 2.17. The summed E-state index contributed by atoms with van der Waals surface area (Å²) in [6, 6.07) is 4.89. The molecule has 0 atom stereocenters. The quantitative estimate of drug-likeness (QED) is 0.888. The summed E-state index contributed by atoms with van der Waals surface area (Å²) in [5.74, 6) is -0.295. The van der Waals surface area contributed by atoms with E-state index in [2.05, 4.69) is 31.2 Å². The molecule has 0 radical (unpaired) electrons. The molecule has 2 aromatic heterocycles. The standard InChI is InChI=1S/C11H9BrN4O/c12-8-6-14-4-3-9(8)16-11(17)10-2-1-7(13)5-15-10/h1-6H,13H2,(H,14,16,17). The summed E-state index contributed by atoms with van der Waals surface area (Å²) in [6.07, 6.45) is 4.64. The van der Waals surface area contributed by atoms with Gasteiger partial charge < -0.3 is 11.1 Å².